The summed E-state index contributed by atoms with van der Waals surface area (Å²) in [6, 6.07) is 11.5. The predicted molar refractivity (Wildman–Crippen MR) is 90.8 cm³/mol. The Morgan fingerprint density at radius 1 is 0.917 bits per heavy atom. The van der Waals surface area contributed by atoms with Crippen molar-refractivity contribution in [1.82, 2.24) is 29.9 Å². The molecule has 0 spiro atoms. The van der Waals surface area contributed by atoms with E-state index in [2.05, 4.69) is 40.5 Å². The van der Waals surface area contributed by atoms with Gasteiger partial charge in [-0.05, 0) is 24.3 Å². The lowest BCUT2D eigenvalue weighted by atomic mass is 10.3. The number of hydrogen-bond acceptors (Lipinski definition) is 7. The molecule has 8 nitrogen and oxygen atoms in total. The molecule has 0 aliphatic heterocycles. The average Bonchev–Trinajstić information content (AvgIpc) is 3.04. The lowest BCUT2D eigenvalue weighted by Crippen LogP contribution is -2.05. The van der Waals surface area contributed by atoms with Crippen molar-refractivity contribution < 1.29 is 0 Å². The molecule has 0 fully saturated rings. The van der Waals surface area contributed by atoms with E-state index in [0.717, 1.165) is 16.9 Å². The number of para-hydroxylation sites is 2. The van der Waals surface area contributed by atoms with E-state index in [9.17, 15) is 0 Å². The topological polar surface area (TPSA) is 104 Å². The van der Waals surface area contributed by atoms with Gasteiger partial charge in [-0.2, -0.15) is 4.98 Å². The van der Waals surface area contributed by atoms with Crippen molar-refractivity contribution in [3.63, 3.8) is 0 Å². The summed E-state index contributed by atoms with van der Waals surface area (Å²) < 4.78 is 0. The molecule has 3 aromatic heterocycles. The van der Waals surface area contributed by atoms with Gasteiger partial charge in [0.25, 0.3) is 0 Å². The third-order valence-electron chi connectivity index (χ3n) is 3.35. The molecule has 0 unspecified atom stereocenters. The Morgan fingerprint density at radius 3 is 2.71 bits per heavy atom. The molecule has 0 saturated heterocycles. The first-order valence-electron chi connectivity index (χ1n) is 7.40. The number of imidazole rings is 1. The largest absolute Gasteiger partial charge is 0.363 e. The van der Waals surface area contributed by atoms with Gasteiger partial charge >= 0.3 is 0 Å². The van der Waals surface area contributed by atoms with Crippen LogP contribution in [0, 0.1) is 0 Å². The van der Waals surface area contributed by atoms with Gasteiger partial charge in [0.2, 0.25) is 5.95 Å². The first kappa shape index (κ1) is 14.1. The van der Waals surface area contributed by atoms with Gasteiger partial charge in [-0.3, -0.25) is 0 Å². The summed E-state index contributed by atoms with van der Waals surface area (Å²) >= 11 is 0. The van der Waals surface area contributed by atoms with Crippen molar-refractivity contribution in [1.29, 1.82) is 0 Å². The van der Waals surface area contributed by atoms with E-state index < -0.39 is 0 Å². The predicted octanol–water partition coefficient (Wildman–Crippen LogP) is 2.50. The summed E-state index contributed by atoms with van der Waals surface area (Å²) in [6.45, 7) is 0.540. The van der Waals surface area contributed by atoms with Crippen molar-refractivity contribution >= 4 is 28.6 Å². The molecule has 4 rings (SSSR count). The molecule has 0 aliphatic carbocycles. The molecule has 4 aromatic rings. The van der Waals surface area contributed by atoms with Crippen molar-refractivity contribution in [2.24, 2.45) is 0 Å². The summed E-state index contributed by atoms with van der Waals surface area (Å²) in [5.41, 5.74) is 1.96. The second-order valence-corrected chi connectivity index (χ2v) is 5.04. The first-order valence-corrected chi connectivity index (χ1v) is 7.40. The molecule has 118 valence electrons. The van der Waals surface area contributed by atoms with Gasteiger partial charge in [-0.25, -0.2) is 19.9 Å². The van der Waals surface area contributed by atoms with Crippen LogP contribution in [-0.2, 0) is 6.54 Å². The maximum Gasteiger partial charge on any atom is 0.230 e. The molecule has 3 N–H and O–H groups in total. The third-order valence-corrected chi connectivity index (χ3v) is 3.35. The van der Waals surface area contributed by atoms with Crippen LogP contribution in [0.3, 0.4) is 0 Å². The molecule has 8 heteroatoms. The summed E-state index contributed by atoms with van der Waals surface area (Å²) in [4.78, 5) is 24.3. The molecular weight excluding hydrogens is 304 g/mol. The minimum atomic E-state index is 0.461. The van der Waals surface area contributed by atoms with E-state index in [4.69, 9.17) is 0 Å². The van der Waals surface area contributed by atoms with Crippen molar-refractivity contribution in [2.75, 3.05) is 10.6 Å². The van der Waals surface area contributed by atoms with Crippen LogP contribution in [-0.4, -0.2) is 29.9 Å². The maximum atomic E-state index is 4.52. The normalized spacial score (nSPS) is 10.7. The van der Waals surface area contributed by atoms with Crippen molar-refractivity contribution in [3.05, 3.63) is 60.9 Å². The Morgan fingerprint density at radius 2 is 1.83 bits per heavy atom. The van der Waals surface area contributed by atoms with E-state index >= 15 is 0 Å². The number of nitrogens with zero attached hydrogens (tertiary/aromatic N) is 5. The zero-order valence-corrected chi connectivity index (χ0v) is 12.6. The Labute approximate surface area is 137 Å². The highest BCUT2D eigenvalue weighted by Gasteiger charge is 2.04. The smallest absolute Gasteiger partial charge is 0.230 e. The van der Waals surface area contributed by atoms with Crippen LogP contribution < -0.4 is 10.6 Å². The Balaban J connectivity index is 1.45. The molecule has 0 amide bonds. The zero-order valence-electron chi connectivity index (χ0n) is 12.6. The highest BCUT2D eigenvalue weighted by atomic mass is 15.2. The Hall–Kier alpha value is -3.55. The second-order valence-electron chi connectivity index (χ2n) is 5.04. The van der Waals surface area contributed by atoms with E-state index in [1.165, 1.54) is 6.33 Å². The summed E-state index contributed by atoms with van der Waals surface area (Å²) in [5, 5.41) is 6.26. The van der Waals surface area contributed by atoms with Crippen LogP contribution in [0.2, 0.25) is 0 Å². The highest BCUT2D eigenvalue weighted by molar-refractivity contribution is 5.74. The van der Waals surface area contributed by atoms with Crippen LogP contribution in [0.4, 0.5) is 17.6 Å². The second kappa shape index (κ2) is 6.29. The number of nitrogens with one attached hydrogen (secondary N) is 3. The van der Waals surface area contributed by atoms with Gasteiger partial charge in [-0.15, -0.1) is 0 Å². The molecular formula is C16H14N8. The molecule has 0 aliphatic rings. The number of anilines is 3. The number of aromatic amines is 1. The average molecular weight is 318 g/mol. The molecule has 0 saturated carbocycles. The maximum absolute atomic E-state index is 4.52. The fraction of sp³-hybridized carbons (Fsp3) is 0.0625. The standard InChI is InChI=1S/C16H14N8/c1-2-4-12-11(3-1)21-15(22-12)9-19-13-6-8-18-16(23-13)24-14-5-7-17-10-20-14/h1-8,10H,9H2,(H,21,22)(H2,17,18,19,20,23,24). The fourth-order valence-electron chi connectivity index (χ4n) is 2.26. The SMILES string of the molecule is c1ccc2[nH]c(CNc3ccnc(Nc4ccncn4)n3)nc2c1. The molecule has 0 radical (unpaired) electrons. The quantitative estimate of drug-likeness (QED) is 0.519. The van der Waals surface area contributed by atoms with Crippen LogP contribution in [0.5, 0.6) is 0 Å². The van der Waals surface area contributed by atoms with Gasteiger partial charge in [0, 0.05) is 12.4 Å². The summed E-state index contributed by atoms with van der Waals surface area (Å²) in [6.07, 6.45) is 4.79. The molecule has 3 heterocycles. The number of benzene rings is 1. The van der Waals surface area contributed by atoms with Crippen LogP contribution in [0.15, 0.2) is 55.1 Å². The molecule has 24 heavy (non-hydrogen) atoms. The molecule has 0 bridgehead atoms. The van der Waals surface area contributed by atoms with Gasteiger partial charge < -0.3 is 15.6 Å². The van der Waals surface area contributed by atoms with Gasteiger partial charge in [0.05, 0.1) is 17.6 Å². The number of fused-ring (bicyclic) bond motifs is 1. The number of aromatic nitrogens is 6. The van der Waals surface area contributed by atoms with Crippen molar-refractivity contribution in [2.45, 2.75) is 6.54 Å². The lowest BCUT2D eigenvalue weighted by molar-refractivity contribution is 0.992. The van der Waals surface area contributed by atoms with Crippen LogP contribution >= 0.6 is 0 Å². The third kappa shape index (κ3) is 3.12. The van der Waals surface area contributed by atoms with E-state index in [1.807, 2.05) is 24.3 Å². The number of hydrogen-bond donors (Lipinski definition) is 3. The monoisotopic (exact) mass is 318 g/mol. The van der Waals surface area contributed by atoms with Gasteiger partial charge in [-0.1, -0.05) is 12.1 Å². The fourth-order valence-corrected chi connectivity index (χ4v) is 2.26. The van der Waals surface area contributed by atoms with E-state index in [1.54, 1.807) is 24.5 Å². The summed E-state index contributed by atoms with van der Waals surface area (Å²) in [7, 11) is 0. The van der Waals surface area contributed by atoms with Crippen LogP contribution in [0.1, 0.15) is 5.82 Å². The Bertz CT molecular complexity index is 917. The van der Waals surface area contributed by atoms with Crippen LogP contribution in [0.25, 0.3) is 11.0 Å². The van der Waals surface area contributed by atoms with Crippen molar-refractivity contribution in [3.8, 4) is 0 Å². The first-order chi connectivity index (χ1) is 11.9. The number of H-pyrrole nitrogens is 1. The summed E-state index contributed by atoms with van der Waals surface area (Å²) in [5.74, 6) is 2.64. The number of rotatable bonds is 5. The minimum absolute atomic E-state index is 0.461. The zero-order chi connectivity index (χ0) is 16.2. The molecule has 0 atom stereocenters. The Kier molecular flexibility index (Phi) is 3.69. The highest BCUT2D eigenvalue weighted by Crippen LogP contribution is 2.13. The van der Waals surface area contributed by atoms with Gasteiger partial charge in [0.15, 0.2) is 0 Å². The van der Waals surface area contributed by atoms with Gasteiger partial charge in [0.1, 0.15) is 23.8 Å². The lowest BCUT2D eigenvalue weighted by Gasteiger charge is -2.06. The minimum Gasteiger partial charge on any atom is -0.363 e. The molecule has 1 aromatic carbocycles. The van der Waals surface area contributed by atoms with E-state index in [-0.39, 0.29) is 0 Å². The van der Waals surface area contributed by atoms with E-state index in [0.29, 0.717) is 24.1 Å².